The molecule has 0 aliphatic carbocycles. The Kier molecular flexibility index (Phi) is 5.19. The second-order valence-corrected chi connectivity index (χ2v) is 7.51. The number of aromatic nitrogens is 1. The van der Waals surface area contributed by atoms with Gasteiger partial charge in [-0.25, -0.2) is 0 Å². The standard InChI is InChI=1S/C25H22N2O3/c1-16-8-9-17(2)20(14-16)23(28)21-22(19-6-4-3-5-7-19)27(25(30)24(21)29)15-18-10-12-26-13-11-18/h3-14,22,28H,15H2,1-2H3/b23-21+. The number of amides is 1. The van der Waals surface area contributed by atoms with Gasteiger partial charge in [0.05, 0.1) is 11.6 Å². The third-order valence-electron chi connectivity index (χ3n) is 5.41. The van der Waals surface area contributed by atoms with E-state index in [1.807, 2.05) is 74.5 Å². The maximum absolute atomic E-state index is 13.1. The third-order valence-corrected chi connectivity index (χ3v) is 5.41. The van der Waals surface area contributed by atoms with Crippen LogP contribution in [-0.4, -0.2) is 26.7 Å². The number of pyridine rings is 1. The summed E-state index contributed by atoms with van der Waals surface area (Å²) in [6.07, 6.45) is 3.30. The van der Waals surface area contributed by atoms with E-state index in [9.17, 15) is 14.7 Å². The Hall–Kier alpha value is -3.73. The molecule has 150 valence electrons. The van der Waals surface area contributed by atoms with Gasteiger partial charge in [0.25, 0.3) is 11.7 Å². The largest absolute Gasteiger partial charge is 0.507 e. The number of aliphatic hydroxyl groups is 1. The lowest BCUT2D eigenvalue weighted by Crippen LogP contribution is -2.29. The fraction of sp³-hybridized carbons (Fsp3) is 0.160. The molecule has 1 aromatic heterocycles. The fourth-order valence-corrected chi connectivity index (χ4v) is 3.85. The van der Waals surface area contributed by atoms with Crippen LogP contribution in [0.25, 0.3) is 5.76 Å². The van der Waals surface area contributed by atoms with Gasteiger partial charge < -0.3 is 10.0 Å². The number of hydrogen-bond acceptors (Lipinski definition) is 4. The van der Waals surface area contributed by atoms with E-state index in [0.29, 0.717) is 5.56 Å². The Balaban J connectivity index is 1.89. The normalized spacial score (nSPS) is 18.1. The lowest BCUT2D eigenvalue weighted by atomic mass is 9.93. The third kappa shape index (κ3) is 3.50. The van der Waals surface area contributed by atoms with Crippen molar-refractivity contribution in [3.63, 3.8) is 0 Å². The van der Waals surface area contributed by atoms with Gasteiger partial charge in [0.15, 0.2) is 0 Å². The zero-order chi connectivity index (χ0) is 21.3. The first-order valence-electron chi connectivity index (χ1n) is 9.77. The van der Waals surface area contributed by atoms with Crippen molar-refractivity contribution in [3.8, 4) is 0 Å². The number of hydrogen-bond donors (Lipinski definition) is 1. The Morgan fingerprint density at radius 3 is 2.40 bits per heavy atom. The summed E-state index contributed by atoms with van der Waals surface area (Å²) in [5, 5.41) is 11.2. The van der Waals surface area contributed by atoms with Gasteiger partial charge in [0, 0.05) is 24.5 Å². The first-order chi connectivity index (χ1) is 14.5. The van der Waals surface area contributed by atoms with Crippen LogP contribution < -0.4 is 0 Å². The second-order valence-electron chi connectivity index (χ2n) is 7.51. The number of Topliss-reactive ketones (excluding diaryl/α,β-unsaturated/α-hetero) is 1. The molecule has 0 saturated carbocycles. The minimum absolute atomic E-state index is 0.119. The van der Waals surface area contributed by atoms with Crippen molar-refractivity contribution in [1.82, 2.24) is 9.88 Å². The summed E-state index contributed by atoms with van der Waals surface area (Å²) >= 11 is 0. The van der Waals surface area contributed by atoms with Crippen LogP contribution in [0.2, 0.25) is 0 Å². The number of aryl methyl sites for hydroxylation is 2. The van der Waals surface area contributed by atoms with Crippen molar-refractivity contribution in [3.05, 3.63) is 106 Å². The van der Waals surface area contributed by atoms with E-state index >= 15 is 0 Å². The quantitative estimate of drug-likeness (QED) is 0.404. The van der Waals surface area contributed by atoms with Crippen LogP contribution in [0.4, 0.5) is 0 Å². The molecule has 5 heteroatoms. The van der Waals surface area contributed by atoms with E-state index in [0.717, 1.165) is 22.3 Å². The van der Waals surface area contributed by atoms with Gasteiger partial charge >= 0.3 is 0 Å². The molecular weight excluding hydrogens is 376 g/mol. The van der Waals surface area contributed by atoms with E-state index in [1.165, 1.54) is 4.90 Å². The molecule has 1 unspecified atom stereocenters. The van der Waals surface area contributed by atoms with Crippen LogP contribution in [0.15, 0.2) is 78.6 Å². The summed E-state index contributed by atoms with van der Waals surface area (Å²) in [4.78, 5) is 31.6. The number of nitrogens with zero attached hydrogens (tertiary/aromatic N) is 2. The molecule has 2 aromatic carbocycles. The summed E-state index contributed by atoms with van der Waals surface area (Å²) in [7, 11) is 0. The zero-order valence-electron chi connectivity index (χ0n) is 16.9. The maximum atomic E-state index is 13.1. The summed E-state index contributed by atoms with van der Waals surface area (Å²) in [6, 6.07) is 18.0. The van der Waals surface area contributed by atoms with Crippen LogP contribution in [-0.2, 0) is 16.1 Å². The van der Waals surface area contributed by atoms with Gasteiger partial charge in [-0.15, -0.1) is 0 Å². The second kappa shape index (κ2) is 7.95. The lowest BCUT2D eigenvalue weighted by molar-refractivity contribution is -0.140. The molecule has 1 aliphatic rings. The highest BCUT2D eigenvalue weighted by Crippen LogP contribution is 2.40. The highest BCUT2D eigenvalue weighted by molar-refractivity contribution is 6.46. The van der Waals surface area contributed by atoms with Crippen LogP contribution in [0.5, 0.6) is 0 Å². The first kappa shape index (κ1) is 19.6. The molecule has 3 aromatic rings. The Morgan fingerprint density at radius 2 is 1.70 bits per heavy atom. The molecule has 4 rings (SSSR count). The number of benzene rings is 2. The molecule has 0 spiro atoms. The van der Waals surface area contributed by atoms with Gasteiger partial charge in [0.1, 0.15) is 5.76 Å². The average molecular weight is 398 g/mol. The summed E-state index contributed by atoms with van der Waals surface area (Å²) < 4.78 is 0. The van der Waals surface area contributed by atoms with Crippen molar-refractivity contribution in [2.24, 2.45) is 0 Å². The topological polar surface area (TPSA) is 70.5 Å². The highest BCUT2D eigenvalue weighted by Gasteiger charge is 2.46. The zero-order valence-corrected chi connectivity index (χ0v) is 16.9. The molecule has 1 atom stereocenters. The molecule has 0 radical (unpaired) electrons. The molecule has 5 nitrogen and oxygen atoms in total. The Morgan fingerprint density at radius 1 is 1.00 bits per heavy atom. The molecule has 0 bridgehead atoms. The van der Waals surface area contributed by atoms with E-state index < -0.39 is 17.7 Å². The monoisotopic (exact) mass is 398 g/mol. The van der Waals surface area contributed by atoms with E-state index in [2.05, 4.69) is 4.98 Å². The minimum Gasteiger partial charge on any atom is -0.507 e. The molecule has 2 heterocycles. The Bertz CT molecular complexity index is 1140. The number of rotatable bonds is 4. The van der Waals surface area contributed by atoms with Crippen molar-refractivity contribution < 1.29 is 14.7 Å². The predicted molar refractivity (Wildman–Crippen MR) is 114 cm³/mol. The number of carbonyl (C=O) groups excluding carboxylic acids is 2. The maximum Gasteiger partial charge on any atom is 0.295 e. The van der Waals surface area contributed by atoms with Crippen LogP contribution in [0.1, 0.15) is 33.9 Å². The SMILES string of the molecule is Cc1ccc(C)c(/C(O)=C2\C(=O)C(=O)N(Cc3ccncc3)C2c2ccccc2)c1. The molecular formula is C25H22N2O3. The van der Waals surface area contributed by atoms with Gasteiger partial charge in [-0.3, -0.25) is 14.6 Å². The number of likely N-dealkylation sites (tertiary alicyclic amines) is 1. The van der Waals surface area contributed by atoms with Gasteiger partial charge in [0.2, 0.25) is 0 Å². The predicted octanol–water partition coefficient (Wildman–Crippen LogP) is 4.32. The van der Waals surface area contributed by atoms with Gasteiger partial charge in [-0.05, 0) is 48.7 Å². The molecule has 30 heavy (non-hydrogen) atoms. The molecule has 1 saturated heterocycles. The lowest BCUT2D eigenvalue weighted by Gasteiger charge is -2.25. The Labute approximate surface area is 175 Å². The van der Waals surface area contributed by atoms with E-state index in [1.54, 1.807) is 12.4 Å². The van der Waals surface area contributed by atoms with E-state index in [4.69, 9.17) is 0 Å². The molecule has 1 fully saturated rings. The van der Waals surface area contributed by atoms with Crippen molar-refractivity contribution in [2.75, 3.05) is 0 Å². The first-order valence-corrected chi connectivity index (χ1v) is 9.77. The number of carbonyl (C=O) groups is 2. The van der Waals surface area contributed by atoms with Gasteiger partial charge in [-0.2, -0.15) is 0 Å². The van der Waals surface area contributed by atoms with Crippen molar-refractivity contribution >= 4 is 17.4 Å². The van der Waals surface area contributed by atoms with E-state index in [-0.39, 0.29) is 17.9 Å². The van der Waals surface area contributed by atoms with Crippen molar-refractivity contribution in [2.45, 2.75) is 26.4 Å². The van der Waals surface area contributed by atoms with Crippen LogP contribution in [0, 0.1) is 13.8 Å². The molecule has 1 aliphatic heterocycles. The molecule has 1 amide bonds. The van der Waals surface area contributed by atoms with Crippen LogP contribution >= 0.6 is 0 Å². The van der Waals surface area contributed by atoms with Crippen molar-refractivity contribution in [1.29, 1.82) is 0 Å². The molecule has 1 N–H and O–H groups in total. The summed E-state index contributed by atoms with van der Waals surface area (Å²) in [6.45, 7) is 4.04. The number of ketones is 1. The average Bonchev–Trinajstić information content (AvgIpc) is 3.01. The minimum atomic E-state index is -0.670. The summed E-state index contributed by atoms with van der Waals surface area (Å²) in [5.41, 5.74) is 4.12. The van der Waals surface area contributed by atoms with Gasteiger partial charge in [-0.1, -0.05) is 48.0 Å². The smallest absolute Gasteiger partial charge is 0.295 e. The summed E-state index contributed by atoms with van der Waals surface area (Å²) in [5.74, 6) is -1.43. The fourth-order valence-electron chi connectivity index (χ4n) is 3.85. The highest BCUT2D eigenvalue weighted by atomic mass is 16.3. The number of aliphatic hydroxyl groups excluding tert-OH is 1. The van der Waals surface area contributed by atoms with Crippen LogP contribution in [0.3, 0.4) is 0 Å².